The summed E-state index contributed by atoms with van der Waals surface area (Å²) in [4.78, 5) is 6.75. The maximum Gasteiger partial charge on any atom is 0.139 e. The highest BCUT2D eigenvalue weighted by Crippen LogP contribution is 2.37. The molecule has 4 nitrogen and oxygen atoms in total. The van der Waals surface area contributed by atoms with Gasteiger partial charge in [-0.2, -0.15) is 0 Å². The molecule has 0 fully saturated rings. The smallest absolute Gasteiger partial charge is 0.139 e. The molecule has 1 aromatic carbocycles. The summed E-state index contributed by atoms with van der Waals surface area (Å²) >= 11 is 1.71. The molecule has 24 heavy (non-hydrogen) atoms. The van der Waals surface area contributed by atoms with Crippen molar-refractivity contribution in [3.05, 3.63) is 65.2 Å². The molecule has 3 heterocycles. The van der Waals surface area contributed by atoms with Crippen LogP contribution in [0.25, 0.3) is 11.3 Å². The molecule has 2 aromatic heterocycles. The summed E-state index contributed by atoms with van der Waals surface area (Å²) in [7, 11) is 1.66. The number of aromatic nitrogens is 2. The summed E-state index contributed by atoms with van der Waals surface area (Å²) in [6, 6.07) is 11.1. The quantitative estimate of drug-likeness (QED) is 0.710. The van der Waals surface area contributed by atoms with Crippen molar-refractivity contribution in [2.45, 2.75) is 6.92 Å². The fraction of sp³-hybridized carbons (Fsp3) is 0.167. The number of hydrogen-bond donors (Lipinski definition) is 0. The molecule has 0 unspecified atom stereocenters. The predicted molar refractivity (Wildman–Crippen MR) is 95.8 cm³/mol. The second-order valence-electron chi connectivity index (χ2n) is 5.55. The molecule has 0 spiro atoms. The van der Waals surface area contributed by atoms with Gasteiger partial charge in [0.1, 0.15) is 17.2 Å². The van der Waals surface area contributed by atoms with Crippen LogP contribution in [-0.4, -0.2) is 22.4 Å². The lowest BCUT2D eigenvalue weighted by atomic mass is 10.2. The number of methoxy groups -OCH3 is 1. The van der Waals surface area contributed by atoms with Gasteiger partial charge in [0.2, 0.25) is 0 Å². The van der Waals surface area contributed by atoms with E-state index in [1.807, 2.05) is 35.6 Å². The van der Waals surface area contributed by atoms with Gasteiger partial charge < -0.3 is 9.64 Å². The van der Waals surface area contributed by atoms with E-state index in [0.717, 1.165) is 40.0 Å². The third-order valence-corrected chi connectivity index (χ3v) is 4.87. The van der Waals surface area contributed by atoms with Crippen molar-refractivity contribution < 1.29 is 9.13 Å². The fourth-order valence-corrected chi connectivity index (χ4v) is 3.84. The summed E-state index contributed by atoms with van der Waals surface area (Å²) < 4.78 is 20.8. The molecule has 0 amide bonds. The zero-order valence-corrected chi connectivity index (χ0v) is 14.2. The normalized spacial score (nSPS) is 14.3. The first-order chi connectivity index (χ1) is 11.7. The second-order valence-corrected chi connectivity index (χ2v) is 6.37. The van der Waals surface area contributed by atoms with Crippen molar-refractivity contribution >= 4 is 28.8 Å². The minimum atomic E-state index is -0.275. The first-order valence-electron chi connectivity index (χ1n) is 7.55. The van der Waals surface area contributed by atoms with Gasteiger partial charge in [0.25, 0.3) is 0 Å². The molecule has 0 radical (unpaired) electrons. The maximum absolute atomic E-state index is 13.7. The van der Waals surface area contributed by atoms with Gasteiger partial charge in [-0.05, 0) is 48.7 Å². The molecule has 0 atom stereocenters. The van der Waals surface area contributed by atoms with Crippen LogP contribution in [0.1, 0.15) is 11.4 Å². The van der Waals surface area contributed by atoms with Gasteiger partial charge in [0.15, 0.2) is 0 Å². The molecule has 0 saturated heterocycles. The minimum Gasteiger partial charge on any atom is -0.497 e. The van der Waals surface area contributed by atoms with E-state index >= 15 is 0 Å². The molecule has 0 N–H and O–H groups in total. The van der Waals surface area contributed by atoms with Crippen LogP contribution >= 0.6 is 11.8 Å². The summed E-state index contributed by atoms with van der Waals surface area (Å²) in [5.41, 5.74) is 4.65. The molecule has 4 rings (SSSR count). The topological polar surface area (TPSA) is 29.8 Å². The Bertz CT molecular complexity index is 933. The molecular formula is C18H16FN3OS. The molecule has 0 saturated carbocycles. The Hall–Kier alpha value is -2.47. The van der Waals surface area contributed by atoms with Crippen molar-refractivity contribution in [1.29, 1.82) is 0 Å². The number of rotatable bonds is 3. The fourth-order valence-electron chi connectivity index (χ4n) is 2.93. The summed E-state index contributed by atoms with van der Waals surface area (Å²) in [6.07, 6.45) is 1.49. The van der Waals surface area contributed by atoms with E-state index < -0.39 is 0 Å². The van der Waals surface area contributed by atoms with Crippen molar-refractivity contribution in [2.75, 3.05) is 17.9 Å². The van der Waals surface area contributed by atoms with Crippen molar-refractivity contribution in [2.24, 2.45) is 0 Å². The highest BCUT2D eigenvalue weighted by molar-refractivity contribution is 8.02. The number of pyridine rings is 1. The monoisotopic (exact) mass is 341 g/mol. The van der Waals surface area contributed by atoms with Crippen molar-refractivity contribution in [1.82, 2.24) is 9.38 Å². The molecular weight excluding hydrogens is 325 g/mol. The van der Waals surface area contributed by atoms with Gasteiger partial charge >= 0.3 is 0 Å². The number of ether oxygens (including phenoxy) is 1. The van der Waals surface area contributed by atoms with Gasteiger partial charge in [0, 0.05) is 11.9 Å². The molecule has 122 valence electrons. The highest BCUT2D eigenvalue weighted by Gasteiger charge is 2.24. The summed E-state index contributed by atoms with van der Waals surface area (Å²) in [5, 5.41) is 2.10. The lowest BCUT2D eigenvalue weighted by Crippen LogP contribution is -2.18. The second kappa shape index (κ2) is 5.87. The van der Waals surface area contributed by atoms with Crippen LogP contribution in [0.5, 0.6) is 5.75 Å². The maximum atomic E-state index is 13.7. The molecule has 0 aliphatic carbocycles. The van der Waals surface area contributed by atoms with E-state index in [4.69, 9.17) is 4.74 Å². The number of benzene rings is 1. The number of fused-ring (bicyclic) bond motifs is 1. The van der Waals surface area contributed by atoms with Crippen LogP contribution in [0.2, 0.25) is 0 Å². The predicted octanol–water partition coefficient (Wildman–Crippen LogP) is 4.30. The number of anilines is 1. The van der Waals surface area contributed by atoms with Crippen LogP contribution in [-0.2, 0) is 0 Å². The van der Waals surface area contributed by atoms with E-state index in [-0.39, 0.29) is 5.82 Å². The van der Waals surface area contributed by atoms with Crippen LogP contribution < -0.4 is 9.64 Å². The van der Waals surface area contributed by atoms with Crippen LogP contribution in [0, 0.1) is 12.7 Å². The average molecular weight is 341 g/mol. The van der Waals surface area contributed by atoms with E-state index in [2.05, 4.69) is 15.3 Å². The minimum absolute atomic E-state index is 0.275. The van der Waals surface area contributed by atoms with Gasteiger partial charge in [-0.3, -0.25) is 4.40 Å². The van der Waals surface area contributed by atoms with Crippen LogP contribution in [0.15, 0.2) is 48.0 Å². The van der Waals surface area contributed by atoms with E-state index in [0.29, 0.717) is 0 Å². The molecule has 3 aromatic rings. The number of imidazole rings is 1. The number of hydrogen-bond acceptors (Lipinski definition) is 4. The Labute approximate surface area is 143 Å². The largest absolute Gasteiger partial charge is 0.497 e. The van der Waals surface area contributed by atoms with Gasteiger partial charge in [-0.25, -0.2) is 9.37 Å². The molecule has 1 aliphatic heterocycles. The van der Waals surface area contributed by atoms with E-state index in [1.54, 1.807) is 24.9 Å². The van der Waals surface area contributed by atoms with Crippen molar-refractivity contribution in [3.63, 3.8) is 0 Å². The molecule has 1 aliphatic rings. The number of aryl methyl sites for hydroxylation is 1. The Morgan fingerprint density at radius 1 is 1.17 bits per heavy atom. The third-order valence-electron chi connectivity index (χ3n) is 4.07. The molecule has 6 heteroatoms. The first-order valence-corrected chi connectivity index (χ1v) is 8.60. The zero-order chi connectivity index (χ0) is 16.7. The highest BCUT2D eigenvalue weighted by atomic mass is 32.2. The first kappa shape index (κ1) is 15.1. The Balaban J connectivity index is 1.80. The van der Waals surface area contributed by atoms with Gasteiger partial charge in [-0.15, -0.1) is 11.8 Å². The number of nitrogens with zero attached hydrogens (tertiary/aromatic N) is 3. The summed E-state index contributed by atoms with van der Waals surface area (Å²) in [5.74, 6) is 1.36. The number of thioether (sulfide) groups is 1. The molecule has 0 bridgehead atoms. The van der Waals surface area contributed by atoms with Gasteiger partial charge in [0.05, 0.1) is 30.1 Å². The standard InChI is InChI=1S/C18H16FN3OS/c1-12-18(21-9-13(19)3-8-17(21)20-12)16-10-24-11-22(16)14-4-6-15(23-2)7-5-14/h3-10H,11H2,1-2H3. The SMILES string of the molecule is COc1ccc(N2CSC=C2c2c(C)nc3ccc(F)cn23)cc1. The Kier molecular flexibility index (Phi) is 3.69. The zero-order valence-electron chi connectivity index (χ0n) is 13.4. The average Bonchev–Trinajstić information content (AvgIpc) is 3.18. The van der Waals surface area contributed by atoms with E-state index in [1.165, 1.54) is 12.3 Å². The van der Waals surface area contributed by atoms with Crippen molar-refractivity contribution in [3.8, 4) is 5.75 Å². The Morgan fingerprint density at radius 2 is 1.96 bits per heavy atom. The lowest BCUT2D eigenvalue weighted by Gasteiger charge is -2.22. The van der Waals surface area contributed by atoms with Crippen LogP contribution in [0.3, 0.4) is 0 Å². The van der Waals surface area contributed by atoms with Crippen LogP contribution in [0.4, 0.5) is 10.1 Å². The Morgan fingerprint density at radius 3 is 2.71 bits per heavy atom. The third kappa shape index (κ3) is 2.43. The summed E-state index contributed by atoms with van der Waals surface area (Å²) in [6.45, 7) is 1.95. The van der Waals surface area contributed by atoms with Gasteiger partial charge in [-0.1, -0.05) is 0 Å². The number of halogens is 1. The lowest BCUT2D eigenvalue weighted by molar-refractivity contribution is 0.415. The van der Waals surface area contributed by atoms with E-state index in [9.17, 15) is 4.39 Å².